The Hall–Kier alpha value is -2.67. The fraction of sp³-hybridized carbons (Fsp3) is 0.0625. The highest BCUT2D eigenvalue weighted by Crippen LogP contribution is 2.26. The number of hydrogen-bond acceptors (Lipinski definition) is 5. The molecule has 3 aromatic rings. The minimum Gasteiger partial charge on any atom is -0.506 e. The van der Waals surface area contributed by atoms with E-state index < -0.39 is 22.8 Å². The van der Waals surface area contributed by atoms with Gasteiger partial charge in [-0.1, -0.05) is 30.3 Å². The van der Waals surface area contributed by atoms with Gasteiger partial charge in [0.15, 0.2) is 5.56 Å². The molecule has 0 saturated heterocycles. The average molecular weight is 375 g/mol. The van der Waals surface area contributed by atoms with E-state index in [4.69, 9.17) is 4.74 Å². The molecular formula is C16H11BrN2O4. The van der Waals surface area contributed by atoms with E-state index in [1.54, 1.807) is 18.2 Å². The number of nitrogens with zero attached hydrogens (tertiary/aromatic N) is 1. The number of aromatic nitrogens is 2. The fourth-order valence-corrected chi connectivity index (χ4v) is 2.45. The molecular weight excluding hydrogens is 364 g/mol. The van der Waals surface area contributed by atoms with Crippen LogP contribution in [0.15, 0.2) is 51.9 Å². The van der Waals surface area contributed by atoms with Crippen molar-refractivity contribution >= 4 is 32.9 Å². The van der Waals surface area contributed by atoms with Crippen molar-refractivity contribution in [2.24, 2.45) is 0 Å². The molecule has 0 atom stereocenters. The first-order valence-electron chi connectivity index (χ1n) is 6.68. The number of hydrogen-bond donors (Lipinski definition) is 2. The molecule has 0 aliphatic heterocycles. The molecule has 2 aromatic heterocycles. The van der Waals surface area contributed by atoms with Gasteiger partial charge in [0.25, 0.3) is 5.56 Å². The Labute approximate surface area is 138 Å². The van der Waals surface area contributed by atoms with E-state index in [1.807, 2.05) is 18.2 Å². The summed E-state index contributed by atoms with van der Waals surface area (Å²) in [5, 5.41) is 10.5. The summed E-state index contributed by atoms with van der Waals surface area (Å²) in [6.45, 7) is 0.00727. The van der Waals surface area contributed by atoms with Crippen molar-refractivity contribution in [2.45, 2.75) is 6.61 Å². The summed E-state index contributed by atoms with van der Waals surface area (Å²) < 4.78 is 5.71. The van der Waals surface area contributed by atoms with Crippen LogP contribution < -0.4 is 5.56 Å². The van der Waals surface area contributed by atoms with Crippen LogP contribution in [0.25, 0.3) is 11.0 Å². The van der Waals surface area contributed by atoms with Crippen molar-refractivity contribution in [3.8, 4) is 5.75 Å². The first-order valence-corrected chi connectivity index (χ1v) is 7.47. The van der Waals surface area contributed by atoms with Crippen molar-refractivity contribution in [2.75, 3.05) is 0 Å². The number of carbonyl (C=O) groups is 1. The average Bonchev–Trinajstić information content (AvgIpc) is 2.55. The predicted octanol–water partition coefficient (Wildman–Crippen LogP) is 2.75. The summed E-state index contributed by atoms with van der Waals surface area (Å²) in [7, 11) is 0. The summed E-state index contributed by atoms with van der Waals surface area (Å²) in [4.78, 5) is 30.6. The lowest BCUT2D eigenvalue weighted by molar-refractivity contribution is 0.0467. The number of benzene rings is 1. The Kier molecular flexibility index (Phi) is 4.12. The smallest absolute Gasteiger partial charge is 0.347 e. The van der Waals surface area contributed by atoms with Crippen LogP contribution in [0.2, 0.25) is 0 Å². The van der Waals surface area contributed by atoms with E-state index in [9.17, 15) is 14.7 Å². The molecule has 2 heterocycles. The second kappa shape index (κ2) is 6.21. The third-order valence-corrected chi connectivity index (χ3v) is 3.66. The lowest BCUT2D eigenvalue weighted by Gasteiger charge is -2.08. The Morgan fingerprint density at radius 3 is 2.78 bits per heavy atom. The standard InChI is InChI=1S/C16H11BrN2O4/c17-10-6-11-13(20)12(15(21)19-14(11)18-7-10)16(22)23-8-9-4-2-1-3-5-9/h1-7H,8H2,(H2,18,19,20,21). The number of esters is 1. The van der Waals surface area contributed by atoms with Gasteiger partial charge in [0.05, 0.1) is 5.39 Å². The second-order valence-corrected chi connectivity index (χ2v) is 5.70. The van der Waals surface area contributed by atoms with Crippen molar-refractivity contribution < 1.29 is 14.6 Å². The SMILES string of the molecule is O=C(OCc1ccccc1)c1c(O)c2cc(Br)cnc2[nH]c1=O. The number of halogens is 1. The predicted molar refractivity (Wildman–Crippen MR) is 87.3 cm³/mol. The van der Waals surface area contributed by atoms with Crippen LogP contribution in [-0.2, 0) is 11.3 Å². The van der Waals surface area contributed by atoms with Crippen molar-refractivity contribution in [1.29, 1.82) is 0 Å². The van der Waals surface area contributed by atoms with Gasteiger partial charge in [0, 0.05) is 10.7 Å². The number of fused-ring (bicyclic) bond motifs is 1. The van der Waals surface area contributed by atoms with Gasteiger partial charge in [-0.05, 0) is 27.6 Å². The lowest BCUT2D eigenvalue weighted by atomic mass is 10.2. The number of nitrogens with one attached hydrogen (secondary N) is 1. The molecule has 0 bridgehead atoms. The molecule has 0 saturated carbocycles. The van der Waals surface area contributed by atoms with Gasteiger partial charge in [-0.2, -0.15) is 0 Å². The van der Waals surface area contributed by atoms with Crippen LogP contribution in [0.4, 0.5) is 0 Å². The zero-order valence-corrected chi connectivity index (χ0v) is 13.3. The van der Waals surface area contributed by atoms with Crippen LogP contribution in [0.3, 0.4) is 0 Å². The summed E-state index contributed by atoms with van der Waals surface area (Å²) in [5.74, 6) is -1.34. The Morgan fingerprint density at radius 2 is 2.04 bits per heavy atom. The summed E-state index contributed by atoms with van der Waals surface area (Å²) >= 11 is 3.23. The highest BCUT2D eigenvalue weighted by Gasteiger charge is 2.21. The van der Waals surface area contributed by atoms with Gasteiger partial charge in [0.2, 0.25) is 0 Å². The molecule has 1 aromatic carbocycles. The normalized spacial score (nSPS) is 10.7. The third-order valence-electron chi connectivity index (χ3n) is 3.22. The van der Waals surface area contributed by atoms with Gasteiger partial charge in [-0.3, -0.25) is 4.79 Å². The highest BCUT2D eigenvalue weighted by atomic mass is 79.9. The minimum absolute atomic E-state index is 0.00727. The van der Waals surface area contributed by atoms with Crippen LogP contribution >= 0.6 is 15.9 Å². The van der Waals surface area contributed by atoms with Gasteiger partial charge in [-0.25, -0.2) is 9.78 Å². The molecule has 0 aliphatic rings. The number of H-pyrrole nitrogens is 1. The Balaban J connectivity index is 1.95. The maximum atomic E-state index is 12.2. The Bertz CT molecular complexity index is 938. The molecule has 7 heteroatoms. The molecule has 0 aliphatic carbocycles. The number of ether oxygens (including phenoxy) is 1. The monoisotopic (exact) mass is 374 g/mol. The highest BCUT2D eigenvalue weighted by molar-refractivity contribution is 9.10. The summed E-state index contributed by atoms with van der Waals surface area (Å²) in [5.41, 5.74) is -0.214. The van der Waals surface area contributed by atoms with Gasteiger partial charge in [-0.15, -0.1) is 0 Å². The van der Waals surface area contributed by atoms with E-state index in [-0.39, 0.29) is 17.6 Å². The van der Waals surface area contributed by atoms with Crippen molar-refractivity contribution in [3.05, 3.63) is 68.5 Å². The van der Waals surface area contributed by atoms with Gasteiger partial charge in [0.1, 0.15) is 18.0 Å². The van der Waals surface area contributed by atoms with Crippen LogP contribution in [0, 0.1) is 0 Å². The molecule has 6 nitrogen and oxygen atoms in total. The molecule has 23 heavy (non-hydrogen) atoms. The van der Waals surface area contributed by atoms with E-state index in [0.29, 0.717) is 4.47 Å². The zero-order valence-electron chi connectivity index (χ0n) is 11.7. The van der Waals surface area contributed by atoms with Crippen LogP contribution in [-0.4, -0.2) is 21.0 Å². The van der Waals surface area contributed by atoms with Crippen LogP contribution in [0.5, 0.6) is 5.75 Å². The first kappa shape index (κ1) is 15.2. The number of aromatic amines is 1. The molecule has 0 amide bonds. The third kappa shape index (κ3) is 3.09. The number of carbonyl (C=O) groups excluding carboxylic acids is 1. The quantitative estimate of drug-likeness (QED) is 0.687. The topological polar surface area (TPSA) is 92.3 Å². The van der Waals surface area contributed by atoms with Crippen LogP contribution in [0.1, 0.15) is 15.9 Å². The zero-order chi connectivity index (χ0) is 16.4. The minimum atomic E-state index is -0.894. The van der Waals surface area contributed by atoms with Gasteiger partial charge >= 0.3 is 5.97 Å². The number of rotatable bonds is 3. The molecule has 3 rings (SSSR count). The molecule has 2 N–H and O–H groups in total. The Morgan fingerprint density at radius 1 is 1.30 bits per heavy atom. The molecule has 0 spiro atoms. The second-order valence-electron chi connectivity index (χ2n) is 4.79. The largest absolute Gasteiger partial charge is 0.506 e. The maximum Gasteiger partial charge on any atom is 0.347 e. The number of pyridine rings is 2. The fourth-order valence-electron chi connectivity index (χ4n) is 2.12. The van der Waals surface area contributed by atoms with E-state index in [0.717, 1.165) is 5.56 Å². The molecule has 0 radical (unpaired) electrons. The van der Waals surface area contributed by atoms with E-state index in [2.05, 4.69) is 25.9 Å². The van der Waals surface area contributed by atoms with E-state index in [1.165, 1.54) is 6.20 Å². The van der Waals surface area contributed by atoms with Crippen molar-refractivity contribution in [3.63, 3.8) is 0 Å². The van der Waals surface area contributed by atoms with E-state index >= 15 is 0 Å². The summed E-state index contributed by atoms with van der Waals surface area (Å²) in [6, 6.07) is 10.6. The summed E-state index contributed by atoms with van der Waals surface area (Å²) in [6.07, 6.45) is 1.48. The first-order chi connectivity index (χ1) is 11.1. The number of aromatic hydroxyl groups is 1. The molecule has 116 valence electrons. The molecule has 0 unspecified atom stereocenters. The lowest BCUT2D eigenvalue weighted by Crippen LogP contribution is -2.20. The van der Waals surface area contributed by atoms with Crippen molar-refractivity contribution in [1.82, 2.24) is 9.97 Å². The molecule has 0 fully saturated rings. The maximum absolute atomic E-state index is 12.2. The van der Waals surface area contributed by atoms with Gasteiger partial charge < -0.3 is 14.8 Å².